The molecular weight excluding hydrogens is 637 g/mol. The Bertz CT molecular complexity index is 2980. The minimum atomic E-state index is 0.516. The van der Waals surface area contributed by atoms with E-state index in [4.69, 9.17) is 23.9 Å². The van der Waals surface area contributed by atoms with Crippen LogP contribution >= 0.6 is 0 Å². The molecule has 0 saturated carbocycles. The molecule has 51 heavy (non-hydrogen) atoms. The van der Waals surface area contributed by atoms with E-state index in [1.54, 1.807) is 36.9 Å². The molecule has 0 aliphatic carbocycles. The van der Waals surface area contributed by atoms with Crippen LogP contribution in [0.4, 0.5) is 17.1 Å². The second-order valence-electron chi connectivity index (χ2n) is 12.4. The van der Waals surface area contributed by atoms with E-state index in [9.17, 15) is 0 Å². The van der Waals surface area contributed by atoms with Gasteiger partial charge in [0.25, 0.3) is 0 Å². The van der Waals surface area contributed by atoms with Crippen LogP contribution in [0.2, 0.25) is 0 Å². The number of hydrogen-bond acceptors (Lipinski definition) is 8. The topological polar surface area (TPSA) is 91.3 Å². The Morgan fingerprint density at radius 2 is 1.43 bits per heavy atom. The highest BCUT2D eigenvalue weighted by atomic mass is 16.5. The number of pyridine rings is 2. The van der Waals surface area contributed by atoms with E-state index in [1.165, 1.54) is 0 Å². The van der Waals surface area contributed by atoms with Gasteiger partial charge < -0.3 is 13.9 Å². The second-order valence-corrected chi connectivity index (χ2v) is 12.4. The number of ether oxygens (including phenoxy) is 2. The van der Waals surface area contributed by atoms with Crippen molar-refractivity contribution in [1.82, 2.24) is 24.5 Å². The highest BCUT2D eigenvalue weighted by Crippen LogP contribution is 2.62. The zero-order valence-electron chi connectivity index (χ0n) is 26.9. The monoisotopic (exact) mass is 660 g/mol. The Kier molecular flexibility index (Phi) is 5.49. The van der Waals surface area contributed by atoms with Crippen molar-refractivity contribution >= 4 is 72.9 Å². The number of rotatable bonds is 4. The molecule has 240 valence electrons. The third-order valence-electron chi connectivity index (χ3n) is 9.72. The molecule has 0 saturated heterocycles. The van der Waals surface area contributed by atoms with Gasteiger partial charge in [-0.15, -0.1) is 0 Å². The van der Waals surface area contributed by atoms with Crippen LogP contribution in [0.5, 0.6) is 23.0 Å². The SMILES string of the molecule is C=Cc1oc2ccc(-c3nc(-n4c5ccccc5c5c6c7c(cc54)Oc4ccncc4N7c4cnccc4O6)nc4ccccc34)cc2c1C=C. The summed E-state index contributed by atoms with van der Waals surface area (Å²) >= 11 is 0. The number of hydrogen-bond donors (Lipinski definition) is 0. The maximum Gasteiger partial charge on any atom is 0.235 e. The molecule has 0 spiro atoms. The molecule has 5 aromatic heterocycles. The van der Waals surface area contributed by atoms with Crippen LogP contribution in [-0.2, 0) is 0 Å². The van der Waals surface area contributed by atoms with Gasteiger partial charge in [-0.25, -0.2) is 9.97 Å². The third kappa shape index (κ3) is 3.74. The highest BCUT2D eigenvalue weighted by Gasteiger charge is 2.38. The van der Waals surface area contributed by atoms with Crippen LogP contribution in [0.3, 0.4) is 0 Å². The second kappa shape index (κ2) is 10.1. The van der Waals surface area contributed by atoms with Gasteiger partial charge in [0.2, 0.25) is 5.95 Å². The molecule has 7 heterocycles. The van der Waals surface area contributed by atoms with Crippen molar-refractivity contribution in [2.45, 2.75) is 0 Å². The van der Waals surface area contributed by atoms with Crippen molar-refractivity contribution in [1.29, 1.82) is 0 Å². The van der Waals surface area contributed by atoms with Crippen LogP contribution in [-0.4, -0.2) is 24.5 Å². The Morgan fingerprint density at radius 3 is 2.24 bits per heavy atom. The fraction of sp³-hybridized carbons (Fsp3) is 0. The summed E-state index contributed by atoms with van der Waals surface area (Å²) in [7, 11) is 0. The fourth-order valence-corrected chi connectivity index (χ4v) is 7.55. The Hall–Kier alpha value is -7.26. The van der Waals surface area contributed by atoms with Crippen LogP contribution in [0.15, 0.2) is 127 Å². The molecule has 0 fully saturated rings. The number of furan rings is 1. The zero-order chi connectivity index (χ0) is 33.8. The third-order valence-corrected chi connectivity index (χ3v) is 9.72. The van der Waals surface area contributed by atoms with Crippen molar-refractivity contribution in [3.63, 3.8) is 0 Å². The molecule has 2 aliphatic heterocycles. The summed E-state index contributed by atoms with van der Waals surface area (Å²) < 4.78 is 21.6. The first-order valence-electron chi connectivity index (χ1n) is 16.4. The largest absolute Gasteiger partial charge is 0.456 e. The molecular formula is C42H24N6O3. The average molecular weight is 661 g/mol. The summed E-state index contributed by atoms with van der Waals surface area (Å²) in [6.45, 7) is 7.96. The lowest BCUT2D eigenvalue weighted by Gasteiger charge is -2.37. The molecule has 0 atom stereocenters. The predicted molar refractivity (Wildman–Crippen MR) is 200 cm³/mol. The summed E-state index contributed by atoms with van der Waals surface area (Å²) in [4.78, 5) is 21.5. The zero-order valence-corrected chi connectivity index (χ0v) is 26.9. The van der Waals surface area contributed by atoms with Crippen molar-refractivity contribution in [3.8, 4) is 40.2 Å². The molecule has 2 aliphatic rings. The van der Waals surface area contributed by atoms with Gasteiger partial charge in [0, 0.05) is 57.9 Å². The molecule has 4 aromatic carbocycles. The Morgan fingerprint density at radius 1 is 0.667 bits per heavy atom. The van der Waals surface area contributed by atoms with Crippen molar-refractivity contribution in [2.75, 3.05) is 4.90 Å². The molecule has 9 aromatic rings. The number of anilines is 3. The Labute approximate surface area is 290 Å². The standard InChI is InChI=1S/C42H24N6O3/c1-3-24-27-19-23(13-14-34(27)49-33(24)4-2)39-25-9-5-7-11-28(25)45-42(46-39)48-29-12-8-6-10-26(29)38-30(48)20-37-40-41(38)51-36-16-18-44-22-32(36)47(40)31-21-43-17-15-35(31)50-37/h3-22H,1-2H2. The summed E-state index contributed by atoms with van der Waals surface area (Å²) in [5.41, 5.74) is 8.36. The maximum absolute atomic E-state index is 6.79. The van der Waals surface area contributed by atoms with Gasteiger partial charge in [0.1, 0.15) is 28.4 Å². The molecule has 0 unspecified atom stereocenters. The Balaban J connectivity index is 1.22. The molecule has 11 rings (SSSR count). The van der Waals surface area contributed by atoms with Gasteiger partial charge in [-0.2, -0.15) is 0 Å². The number of para-hydroxylation sites is 2. The number of benzene rings is 4. The highest BCUT2D eigenvalue weighted by molar-refractivity contribution is 6.17. The first-order valence-corrected chi connectivity index (χ1v) is 16.4. The molecule has 0 bridgehead atoms. The summed E-state index contributed by atoms with van der Waals surface area (Å²) in [6.07, 6.45) is 10.6. The molecule has 0 radical (unpaired) electrons. The minimum absolute atomic E-state index is 0.516. The van der Waals surface area contributed by atoms with Gasteiger partial charge >= 0.3 is 0 Å². The van der Waals surface area contributed by atoms with E-state index in [0.717, 1.165) is 77.6 Å². The molecule has 9 nitrogen and oxygen atoms in total. The molecule has 0 N–H and O–H groups in total. The lowest BCUT2D eigenvalue weighted by atomic mass is 10.0. The molecule has 9 heteroatoms. The van der Waals surface area contributed by atoms with E-state index < -0.39 is 0 Å². The first kappa shape index (κ1) is 27.7. The average Bonchev–Trinajstić information content (AvgIpc) is 3.72. The first-order chi connectivity index (χ1) is 25.2. The van der Waals surface area contributed by atoms with Crippen molar-refractivity contribution in [3.05, 3.63) is 134 Å². The lowest BCUT2D eigenvalue weighted by Crippen LogP contribution is -2.20. The van der Waals surface area contributed by atoms with Gasteiger partial charge in [0.15, 0.2) is 23.0 Å². The minimum Gasteiger partial charge on any atom is -0.456 e. The van der Waals surface area contributed by atoms with Gasteiger partial charge in [0.05, 0.1) is 40.0 Å². The molecule has 0 amide bonds. The van der Waals surface area contributed by atoms with E-state index in [2.05, 4.69) is 62.9 Å². The van der Waals surface area contributed by atoms with E-state index in [-0.39, 0.29) is 0 Å². The van der Waals surface area contributed by atoms with Gasteiger partial charge in [-0.05, 0) is 36.4 Å². The van der Waals surface area contributed by atoms with E-state index in [0.29, 0.717) is 34.7 Å². The number of fused-ring (bicyclic) bond motifs is 10. The van der Waals surface area contributed by atoms with Crippen LogP contribution in [0.1, 0.15) is 11.3 Å². The van der Waals surface area contributed by atoms with Crippen LogP contribution in [0, 0.1) is 0 Å². The summed E-state index contributed by atoms with van der Waals surface area (Å²) in [6, 6.07) is 28.2. The maximum atomic E-state index is 6.79. The van der Waals surface area contributed by atoms with Crippen molar-refractivity contribution < 1.29 is 13.9 Å². The quantitative estimate of drug-likeness (QED) is 0.184. The van der Waals surface area contributed by atoms with Gasteiger partial charge in [-0.1, -0.05) is 55.6 Å². The van der Waals surface area contributed by atoms with E-state index in [1.807, 2.05) is 54.6 Å². The van der Waals surface area contributed by atoms with Gasteiger partial charge in [-0.3, -0.25) is 19.4 Å². The number of aromatic nitrogens is 5. The van der Waals surface area contributed by atoms with E-state index >= 15 is 0 Å². The predicted octanol–water partition coefficient (Wildman–Crippen LogP) is 10.9. The normalized spacial score (nSPS) is 12.7. The lowest BCUT2D eigenvalue weighted by molar-refractivity contribution is 0.449. The van der Waals surface area contributed by atoms with Crippen LogP contribution < -0.4 is 14.4 Å². The smallest absolute Gasteiger partial charge is 0.235 e. The fourth-order valence-electron chi connectivity index (χ4n) is 7.55. The summed E-state index contributed by atoms with van der Waals surface area (Å²) in [5.74, 6) is 3.87. The number of nitrogens with zero attached hydrogens (tertiary/aromatic N) is 6. The summed E-state index contributed by atoms with van der Waals surface area (Å²) in [5, 5.41) is 3.78. The van der Waals surface area contributed by atoms with Crippen molar-refractivity contribution in [2.24, 2.45) is 0 Å². The van der Waals surface area contributed by atoms with Crippen LogP contribution in [0.25, 0.3) is 73.0 Å².